The first-order valence-corrected chi connectivity index (χ1v) is 10.0. The lowest BCUT2D eigenvalue weighted by Gasteiger charge is -2.17. The van der Waals surface area contributed by atoms with Crippen LogP contribution in [-0.4, -0.2) is 50.7 Å². The van der Waals surface area contributed by atoms with Crippen molar-refractivity contribution >= 4 is 17.3 Å². The number of halogens is 3. The zero-order valence-corrected chi connectivity index (χ0v) is 17.8. The third-order valence-electron chi connectivity index (χ3n) is 4.73. The Morgan fingerprint density at radius 1 is 1.15 bits per heavy atom. The van der Waals surface area contributed by atoms with Crippen molar-refractivity contribution in [2.75, 3.05) is 18.5 Å². The standard InChI is InChI=1S/C21H21F3N6O3/c1-20(2)32-12-16(33-20)10-27-19(31)17-5-4-14(8-25-17)29-15-9-28-30(11-15)18-6-3-13(7-26-18)21(22,23)24/h3-9,11,16,29H,10,12H2,1-2H3,(H,27,31). The van der Waals surface area contributed by atoms with Crippen molar-refractivity contribution in [3.05, 3.63) is 60.3 Å². The number of nitrogens with one attached hydrogen (secondary N) is 2. The lowest BCUT2D eigenvalue weighted by atomic mass is 10.3. The molecule has 3 aromatic rings. The summed E-state index contributed by atoms with van der Waals surface area (Å²) < 4.78 is 50.5. The van der Waals surface area contributed by atoms with E-state index in [1.54, 1.807) is 18.3 Å². The number of hydrogen-bond donors (Lipinski definition) is 2. The van der Waals surface area contributed by atoms with Gasteiger partial charge in [-0.1, -0.05) is 0 Å². The van der Waals surface area contributed by atoms with Crippen LogP contribution in [0.4, 0.5) is 24.5 Å². The molecule has 3 aromatic heterocycles. The lowest BCUT2D eigenvalue weighted by Crippen LogP contribution is -2.34. The van der Waals surface area contributed by atoms with E-state index >= 15 is 0 Å². The van der Waals surface area contributed by atoms with Crippen LogP contribution >= 0.6 is 0 Å². The SMILES string of the molecule is CC1(C)OCC(CNC(=O)c2ccc(Nc3cnn(-c4ccc(C(F)(F)F)cn4)c3)cn2)O1. The van der Waals surface area contributed by atoms with Crippen LogP contribution in [0, 0.1) is 0 Å². The largest absolute Gasteiger partial charge is 0.417 e. The number of nitrogens with zero attached hydrogens (tertiary/aromatic N) is 4. The molecule has 4 heterocycles. The minimum absolute atomic E-state index is 0.222. The second-order valence-corrected chi connectivity index (χ2v) is 7.79. The van der Waals surface area contributed by atoms with Gasteiger partial charge in [0.15, 0.2) is 11.6 Å². The Hall–Kier alpha value is -3.51. The van der Waals surface area contributed by atoms with E-state index in [4.69, 9.17) is 9.47 Å². The van der Waals surface area contributed by atoms with Crippen LogP contribution in [0.1, 0.15) is 29.9 Å². The van der Waals surface area contributed by atoms with E-state index in [-0.39, 0.29) is 23.5 Å². The van der Waals surface area contributed by atoms with Crippen LogP contribution in [-0.2, 0) is 15.7 Å². The number of pyridine rings is 2. The van der Waals surface area contributed by atoms with E-state index in [0.29, 0.717) is 24.5 Å². The summed E-state index contributed by atoms with van der Waals surface area (Å²) in [5.41, 5.74) is 0.570. The van der Waals surface area contributed by atoms with Crippen molar-refractivity contribution in [3.63, 3.8) is 0 Å². The summed E-state index contributed by atoms with van der Waals surface area (Å²) in [4.78, 5) is 20.3. The Kier molecular flexibility index (Phi) is 6.04. The molecule has 2 N–H and O–H groups in total. The summed E-state index contributed by atoms with van der Waals surface area (Å²) in [6, 6.07) is 5.42. The monoisotopic (exact) mass is 462 g/mol. The number of aromatic nitrogens is 4. The van der Waals surface area contributed by atoms with Gasteiger partial charge in [0.05, 0.1) is 42.1 Å². The third-order valence-corrected chi connectivity index (χ3v) is 4.73. The molecular weight excluding hydrogens is 441 g/mol. The first-order valence-electron chi connectivity index (χ1n) is 10.0. The molecule has 1 atom stereocenters. The van der Waals surface area contributed by atoms with Crippen molar-refractivity contribution in [1.29, 1.82) is 0 Å². The first kappa shape index (κ1) is 22.7. The van der Waals surface area contributed by atoms with E-state index in [1.807, 2.05) is 13.8 Å². The van der Waals surface area contributed by atoms with Crippen molar-refractivity contribution in [2.24, 2.45) is 0 Å². The van der Waals surface area contributed by atoms with Gasteiger partial charge in [-0.05, 0) is 38.1 Å². The quantitative estimate of drug-likeness (QED) is 0.579. The fourth-order valence-corrected chi connectivity index (χ4v) is 3.13. The number of ether oxygens (including phenoxy) is 2. The molecule has 1 amide bonds. The number of anilines is 2. The van der Waals surface area contributed by atoms with Gasteiger partial charge < -0.3 is 20.1 Å². The highest BCUT2D eigenvalue weighted by Crippen LogP contribution is 2.29. The molecule has 1 aliphatic rings. The smallest absolute Gasteiger partial charge is 0.352 e. The average Bonchev–Trinajstić information content (AvgIpc) is 3.38. The highest BCUT2D eigenvalue weighted by Gasteiger charge is 2.33. The van der Waals surface area contributed by atoms with Crippen LogP contribution in [0.5, 0.6) is 0 Å². The number of amides is 1. The highest BCUT2D eigenvalue weighted by atomic mass is 19.4. The minimum atomic E-state index is -4.45. The molecule has 0 saturated carbocycles. The Bertz CT molecular complexity index is 1110. The summed E-state index contributed by atoms with van der Waals surface area (Å²) in [5.74, 6) is -0.755. The van der Waals surface area contributed by atoms with Crippen LogP contribution in [0.3, 0.4) is 0 Å². The molecule has 1 saturated heterocycles. The van der Waals surface area contributed by atoms with Crippen molar-refractivity contribution in [3.8, 4) is 5.82 Å². The van der Waals surface area contributed by atoms with Gasteiger partial charge in [0.25, 0.3) is 5.91 Å². The van der Waals surface area contributed by atoms with E-state index in [2.05, 4.69) is 25.7 Å². The van der Waals surface area contributed by atoms with Gasteiger partial charge in [0.2, 0.25) is 0 Å². The summed E-state index contributed by atoms with van der Waals surface area (Å²) in [5, 5.41) is 9.92. The fourth-order valence-electron chi connectivity index (χ4n) is 3.13. The lowest BCUT2D eigenvalue weighted by molar-refractivity contribution is -0.138. The van der Waals surface area contributed by atoms with Crippen molar-refractivity contribution in [1.82, 2.24) is 25.1 Å². The Balaban J connectivity index is 1.33. The fraction of sp³-hybridized carbons (Fsp3) is 0.333. The van der Waals surface area contributed by atoms with Gasteiger partial charge in [-0.2, -0.15) is 18.3 Å². The van der Waals surface area contributed by atoms with Gasteiger partial charge in [-0.3, -0.25) is 4.79 Å². The molecule has 174 valence electrons. The number of rotatable bonds is 6. The maximum Gasteiger partial charge on any atom is 0.417 e. The minimum Gasteiger partial charge on any atom is -0.352 e. The van der Waals surface area contributed by atoms with Crippen LogP contribution in [0.15, 0.2) is 49.1 Å². The second-order valence-electron chi connectivity index (χ2n) is 7.79. The maximum atomic E-state index is 12.7. The molecule has 9 nitrogen and oxygen atoms in total. The van der Waals surface area contributed by atoms with Gasteiger partial charge in [0.1, 0.15) is 11.8 Å². The highest BCUT2D eigenvalue weighted by molar-refractivity contribution is 5.92. The second kappa shape index (κ2) is 8.79. The number of carbonyl (C=O) groups is 1. The molecule has 0 bridgehead atoms. The van der Waals surface area contributed by atoms with Gasteiger partial charge in [0, 0.05) is 12.7 Å². The van der Waals surface area contributed by atoms with Crippen molar-refractivity contribution in [2.45, 2.75) is 31.9 Å². The van der Waals surface area contributed by atoms with Gasteiger partial charge >= 0.3 is 6.18 Å². The first-order chi connectivity index (χ1) is 15.6. The van der Waals surface area contributed by atoms with Crippen molar-refractivity contribution < 1.29 is 27.4 Å². The summed E-state index contributed by atoms with van der Waals surface area (Å²) >= 11 is 0. The molecular formula is C21H21F3N6O3. The van der Waals surface area contributed by atoms with E-state index in [1.165, 1.54) is 23.1 Å². The number of hydrogen-bond acceptors (Lipinski definition) is 7. The molecule has 33 heavy (non-hydrogen) atoms. The molecule has 12 heteroatoms. The Labute approximate surface area is 186 Å². The molecule has 0 radical (unpaired) electrons. The predicted octanol–water partition coefficient (Wildman–Crippen LogP) is 3.31. The van der Waals surface area contributed by atoms with E-state index in [9.17, 15) is 18.0 Å². The third kappa shape index (κ3) is 5.65. The van der Waals surface area contributed by atoms with Crippen LogP contribution in [0.25, 0.3) is 5.82 Å². The summed E-state index contributed by atoms with van der Waals surface area (Å²) in [7, 11) is 0. The average molecular weight is 462 g/mol. The Morgan fingerprint density at radius 3 is 2.58 bits per heavy atom. The number of alkyl halides is 3. The van der Waals surface area contributed by atoms with Gasteiger partial charge in [-0.25, -0.2) is 14.6 Å². The zero-order chi connectivity index (χ0) is 23.6. The summed E-state index contributed by atoms with van der Waals surface area (Å²) in [6.07, 6.45) is 0.632. The van der Waals surface area contributed by atoms with Crippen LogP contribution in [0.2, 0.25) is 0 Å². The summed E-state index contributed by atoms with van der Waals surface area (Å²) in [6.45, 7) is 4.33. The van der Waals surface area contributed by atoms with Crippen LogP contribution < -0.4 is 10.6 Å². The number of carbonyl (C=O) groups excluding carboxylic acids is 1. The topological polar surface area (TPSA) is 103 Å². The molecule has 0 aromatic carbocycles. The maximum absolute atomic E-state index is 12.7. The van der Waals surface area contributed by atoms with E-state index < -0.39 is 17.5 Å². The van der Waals surface area contributed by atoms with E-state index in [0.717, 1.165) is 12.3 Å². The zero-order valence-electron chi connectivity index (χ0n) is 17.8. The molecule has 1 aliphatic heterocycles. The molecule has 0 spiro atoms. The normalized spacial score (nSPS) is 17.7. The molecule has 1 fully saturated rings. The predicted molar refractivity (Wildman–Crippen MR) is 111 cm³/mol. The molecule has 0 aliphatic carbocycles. The Morgan fingerprint density at radius 2 is 1.97 bits per heavy atom. The molecule has 4 rings (SSSR count). The molecule has 1 unspecified atom stereocenters. The van der Waals surface area contributed by atoms with Gasteiger partial charge in [-0.15, -0.1) is 0 Å².